The van der Waals surface area contributed by atoms with Crippen LogP contribution < -0.4 is 5.32 Å². The number of ether oxygens (including phenoxy) is 5. The highest BCUT2D eigenvalue weighted by molar-refractivity contribution is 5.84. The average Bonchev–Trinajstić information content (AvgIpc) is 3.42. The number of anilines is 1. The number of amides is 1. The molecule has 4 atom stereocenters. The Morgan fingerprint density at radius 3 is 2.38 bits per heavy atom. The van der Waals surface area contributed by atoms with Crippen LogP contribution in [0.1, 0.15) is 48.8 Å². The molecule has 39 heavy (non-hydrogen) atoms. The third kappa shape index (κ3) is 6.69. The van der Waals surface area contributed by atoms with E-state index in [0.29, 0.717) is 18.9 Å². The van der Waals surface area contributed by atoms with Crippen LogP contribution in [0.15, 0.2) is 61.2 Å². The van der Waals surface area contributed by atoms with Crippen molar-refractivity contribution in [3.05, 3.63) is 77.9 Å². The van der Waals surface area contributed by atoms with Crippen LogP contribution in [0.5, 0.6) is 0 Å². The van der Waals surface area contributed by atoms with Crippen molar-refractivity contribution < 1.29 is 33.6 Å². The first kappa shape index (κ1) is 27.8. The topological polar surface area (TPSA) is 98.7 Å². The first-order valence-corrected chi connectivity index (χ1v) is 13.6. The predicted molar refractivity (Wildman–Crippen MR) is 145 cm³/mol. The smallest absolute Gasteiger partial charge is 0.411 e. The molecule has 210 valence electrons. The Hall–Kier alpha value is -2.79. The number of piperidine rings is 1. The fourth-order valence-corrected chi connectivity index (χ4v) is 5.46. The van der Waals surface area contributed by atoms with Gasteiger partial charge in [0.2, 0.25) is 0 Å². The van der Waals surface area contributed by atoms with Crippen LogP contribution in [-0.4, -0.2) is 67.4 Å². The molecule has 0 radical (unpaired) electrons. The normalized spacial score (nSPS) is 26.8. The molecule has 3 fully saturated rings. The zero-order valence-corrected chi connectivity index (χ0v) is 22.4. The third-order valence-corrected chi connectivity index (χ3v) is 7.75. The second-order valence-electron chi connectivity index (χ2n) is 10.4. The summed E-state index contributed by atoms with van der Waals surface area (Å²) in [5, 5.41) is 12.2. The number of rotatable bonds is 8. The maximum atomic E-state index is 11.9. The lowest BCUT2D eigenvalue weighted by atomic mass is 9.89. The van der Waals surface area contributed by atoms with E-state index in [-0.39, 0.29) is 31.3 Å². The first-order chi connectivity index (χ1) is 19.0. The van der Waals surface area contributed by atoms with Crippen LogP contribution in [0.2, 0.25) is 0 Å². The largest absolute Gasteiger partial charge is 0.445 e. The van der Waals surface area contributed by atoms with Gasteiger partial charge >= 0.3 is 6.09 Å². The van der Waals surface area contributed by atoms with Gasteiger partial charge in [0.1, 0.15) is 6.61 Å². The molecule has 0 aromatic heterocycles. The average molecular weight is 539 g/mol. The van der Waals surface area contributed by atoms with Gasteiger partial charge in [0, 0.05) is 49.6 Å². The second kappa shape index (κ2) is 12.6. The molecular weight excluding hydrogens is 500 g/mol. The van der Waals surface area contributed by atoms with Gasteiger partial charge in [0.15, 0.2) is 12.1 Å². The molecular formula is C30H38N2O7. The van der Waals surface area contributed by atoms with Gasteiger partial charge in [-0.15, -0.1) is 0 Å². The molecule has 3 heterocycles. The number of hydrogen-bond acceptors (Lipinski definition) is 8. The molecule has 1 spiro atoms. The van der Waals surface area contributed by atoms with Gasteiger partial charge < -0.3 is 33.7 Å². The Morgan fingerprint density at radius 1 is 1.08 bits per heavy atom. The lowest BCUT2D eigenvalue weighted by Crippen LogP contribution is -2.50. The molecule has 9 heteroatoms. The lowest BCUT2D eigenvalue weighted by Gasteiger charge is -2.44. The van der Waals surface area contributed by atoms with Gasteiger partial charge in [-0.2, -0.15) is 0 Å². The van der Waals surface area contributed by atoms with E-state index in [2.05, 4.69) is 23.7 Å². The van der Waals surface area contributed by atoms with Crippen molar-refractivity contribution in [2.75, 3.05) is 44.8 Å². The van der Waals surface area contributed by atoms with Crippen LogP contribution in [0.3, 0.4) is 0 Å². The minimum atomic E-state index is -0.576. The van der Waals surface area contributed by atoms with Crippen LogP contribution in [0, 0.1) is 5.92 Å². The summed E-state index contributed by atoms with van der Waals surface area (Å²) < 4.78 is 29.9. The highest BCUT2D eigenvalue weighted by Crippen LogP contribution is 2.42. The molecule has 1 amide bonds. The van der Waals surface area contributed by atoms with Crippen molar-refractivity contribution in [2.45, 2.75) is 50.7 Å². The lowest BCUT2D eigenvalue weighted by molar-refractivity contribution is -0.278. The maximum Gasteiger partial charge on any atom is 0.411 e. The fourth-order valence-electron chi connectivity index (χ4n) is 5.46. The summed E-state index contributed by atoms with van der Waals surface area (Å²) in [6, 6.07) is 15.3. The second-order valence-corrected chi connectivity index (χ2v) is 10.4. The summed E-state index contributed by atoms with van der Waals surface area (Å²) in [5.74, 6) is -0.317. The quantitative estimate of drug-likeness (QED) is 0.473. The number of carbonyl (C=O) groups is 1. The highest BCUT2D eigenvalue weighted by Gasteiger charge is 2.43. The van der Waals surface area contributed by atoms with Crippen LogP contribution in [0.4, 0.5) is 10.5 Å². The van der Waals surface area contributed by atoms with Crippen LogP contribution in [0.25, 0.3) is 0 Å². The zero-order chi connectivity index (χ0) is 27.2. The molecule has 3 aliphatic rings. The highest BCUT2D eigenvalue weighted by atomic mass is 16.7. The van der Waals surface area contributed by atoms with Crippen LogP contribution >= 0.6 is 0 Å². The Morgan fingerprint density at radius 2 is 1.74 bits per heavy atom. The molecule has 5 rings (SSSR count). The molecule has 3 saturated heterocycles. The monoisotopic (exact) mass is 538 g/mol. The van der Waals surface area contributed by atoms with Crippen molar-refractivity contribution in [3.8, 4) is 0 Å². The first-order valence-electron chi connectivity index (χ1n) is 13.6. The SMILES string of the molecule is C=CCOC(=O)Nc1ccc([C@H]2O[C@@H](CN3CCC4(CC3)OCCO4)[C@@H](C)[C@@H](c3ccc(CO)cc3)O2)cc1. The van der Waals surface area contributed by atoms with Gasteiger partial charge in [0.25, 0.3) is 0 Å². The number of nitrogens with zero attached hydrogens (tertiary/aromatic N) is 1. The van der Waals surface area contributed by atoms with Crippen molar-refractivity contribution >= 4 is 11.8 Å². The van der Waals surface area contributed by atoms with Crippen molar-refractivity contribution in [3.63, 3.8) is 0 Å². The molecule has 2 aromatic carbocycles. The maximum absolute atomic E-state index is 11.9. The number of hydrogen-bond donors (Lipinski definition) is 2. The summed E-state index contributed by atoms with van der Waals surface area (Å²) >= 11 is 0. The Balaban J connectivity index is 1.30. The summed E-state index contributed by atoms with van der Waals surface area (Å²) in [5.41, 5.74) is 3.38. The zero-order valence-electron chi connectivity index (χ0n) is 22.4. The summed E-state index contributed by atoms with van der Waals surface area (Å²) in [4.78, 5) is 14.3. The number of aliphatic hydroxyl groups is 1. The predicted octanol–water partition coefficient (Wildman–Crippen LogP) is 4.54. The number of aliphatic hydroxyl groups excluding tert-OH is 1. The number of likely N-dealkylation sites (tertiary alicyclic amines) is 1. The minimum absolute atomic E-state index is 0.00111. The van der Waals surface area contributed by atoms with E-state index >= 15 is 0 Å². The van der Waals surface area contributed by atoms with E-state index < -0.39 is 18.2 Å². The van der Waals surface area contributed by atoms with Gasteiger partial charge in [-0.3, -0.25) is 5.32 Å². The Bertz CT molecular complexity index is 1090. The van der Waals surface area contributed by atoms with E-state index in [1.807, 2.05) is 36.4 Å². The van der Waals surface area contributed by atoms with Gasteiger partial charge in [-0.1, -0.05) is 56.0 Å². The van der Waals surface area contributed by atoms with E-state index in [0.717, 1.165) is 49.2 Å². The Labute approximate surface area is 229 Å². The van der Waals surface area contributed by atoms with E-state index in [4.69, 9.17) is 23.7 Å². The number of carbonyl (C=O) groups excluding carboxylic acids is 1. The summed E-state index contributed by atoms with van der Waals surface area (Å²) in [6.07, 6.45) is 1.85. The van der Waals surface area contributed by atoms with E-state index in [1.165, 1.54) is 6.08 Å². The molecule has 9 nitrogen and oxygen atoms in total. The van der Waals surface area contributed by atoms with Gasteiger partial charge in [-0.25, -0.2) is 4.79 Å². The van der Waals surface area contributed by atoms with Crippen molar-refractivity contribution in [1.29, 1.82) is 0 Å². The Kier molecular flexibility index (Phi) is 8.96. The summed E-state index contributed by atoms with van der Waals surface area (Å²) in [6.45, 7) is 9.75. The van der Waals surface area contributed by atoms with Crippen molar-refractivity contribution in [1.82, 2.24) is 4.90 Å². The van der Waals surface area contributed by atoms with Gasteiger partial charge in [-0.05, 0) is 23.3 Å². The number of benzene rings is 2. The van der Waals surface area contributed by atoms with Gasteiger partial charge in [0.05, 0.1) is 32.0 Å². The molecule has 2 aromatic rings. The molecule has 0 unspecified atom stereocenters. The third-order valence-electron chi connectivity index (χ3n) is 7.75. The van der Waals surface area contributed by atoms with Crippen LogP contribution in [-0.2, 0) is 30.3 Å². The molecule has 3 aliphatic heterocycles. The fraction of sp³-hybridized carbons (Fsp3) is 0.500. The van der Waals surface area contributed by atoms with E-state index in [1.54, 1.807) is 12.1 Å². The number of nitrogens with one attached hydrogen (secondary N) is 1. The van der Waals surface area contributed by atoms with Crippen molar-refractivity contribution in [2.24, 2.45) is 5.92 Å². The standard InChI is InChI=1S/C30H38N2O7/c1-3-16-35-29(34)31-25-10-8-24(9-11-25)28-38-26(19-32-14-12-30(13-15-32)36-17-18-37-30)21(2)27(39-28)23-6-4-22(20-33)5-7-23/h3-11,21,26-28,33H,1,12-20H2,2H3,(H,31,34)/t21-,26+,27+,28+/m1/s1. The minimum Gasteiger partial charge on any atom is -0.445 e. The molecule has 2 N–H and O–H groups in total. The molecule has 0 aliphatic carbocycles. The molecule has 0 bridgehead atoms. The van der Waals surface area contributed by atoms with E-state index in [9.17, 15) is 9.90 Å². The summed E-state index contributed by atoms with van der Waals surface area (Å²) in [7, 11) is 0. The molecule has 0 saturated carbocycles.